The monoisotopic (exact) mass is 378 g/mol. The molecule has 0 aliphatic heterocycles. The minimum absolute atomic E-state index is 0.0556. The first-order valence-corrected chi connectivity index (χ1v) is 10.1. The zero-order valence-electron chi connectivity index (χ0n) is 14.9. The predicted octanol–water partition coefficient (Wildman–Crippen LogP) is 2.60. The maximum atomic E-state index is 13.0. The van der Waals surface area contributed by atoms with Gasteiger partial charge in [-0.2, -0.15) is 4.31 Å². The molecule has 2 aromatic carbocycles. The molecular formula is C19H23FN2O3S. The number of carbonyl (C=O) groups is 1. The van der Waals surface area contributed by atoms with Crippen LogP contribution in [0, 0.1) is 12.7 Å². The third-order valence-corrected chi connectivity index (χ3v) is 5.15. The highest BCUT2D eigenvalue weighted by atomic mass is 32.2. The number of hydrogen-bond acceptors (Lipinski definition) is 3. The minimum Gasteiger partial charge on any atom is -0.352 e. The van der Waals surface area contributed by atoms with Crippen molar-refractivity contribution in [1.82, 2.24) is 9.62 Å². The molecular weight excluding hydrogens is 355 g/mol. The highest BCUT2D eigenvalue weighted by Gasteiger charge is 2.18. The van der Waals surface area contributed by atoms with Gasteiger partial charge < -0.3 is 5.32 Å². The molecule has 2 aromatic rings. The Morgan fingerprint density at radius 2 is 1.81 bits per heavy atom. The van der Waals surface area contributed by atoms with E-state index in [0.29, 0.717) is 12.1 Å². The smallest absolute Gasteiger partial charge is 0.221 e. The van der Waals surface area contributed by atoms with Crippen LogP contribution in [-0.4, -0.2) is 31.4 Å². The third-order valence-electron chi connectivity index (χ3n) is 3.90. The standard InChI is InChI=1S/C19H23FN2O3S/c1-15-4-3-5-17(12-15)13-21-19(23)10-11-22(26(2,24)25)14-16-6-8-18(20)9-7-16/h3-9,12H,10-11,13-14H2,1-2H3,(H,21,23). The largest absolute Gasteiger partial charge is 0.352 e. The van der Waals surface area contributed by atoms with Gasteiger partial charge in [-0.05, 0) is 30.2 Å². The Bertz CT molecular complexity index is 851. The first-order chi connectivity index (χ1) is 12.2. The summed E-state index contributed by atoms with van der Waals surface area (Å²) in [6, 6.07) is 13.4. The van der Waals surface area contributed by atoms with Gasteiger partial charge in [0.05, 0.1) is 6.26 Å². The Hall–Kier alpha value is -2.25. The fourth-order valence-corrected chi connectivity index (χ4v) is 3.30. The van der Waals surface area contributed by atoms with E-state index >= 15 is 0 Å². The van der Waals surface area contributed by atoms with Gasteiger partial charge in [-0.1, -0.05) is 42.0 Å². The Kier molecular flexibility index (Phi) is 6.88. The number of hydrogen-bond donors (Lipinski definition) is 1. The Morgan fingerprint density at radius 1 is 1.12 bits per heavy atom. The van der Waals surface area contributed by atoms with Gasteiger partial charge in [-0.15, -0.1) is 0 Å². The van der Waals surface area contributed by atoms with Crippen molar-refractivity contribution in [3.63, 3.8) is 0 Å². The molecule has 0 unspecified atom stereocenters. The van der Waals surface area contributed by atoms with E-state index in [4.69, 9.17) is 0 Å². The molecule has 140 valence electrons. The maximum absolute atomic E-state index is 13.0. The Balaban J connectivity index is 1.90. The normalized spacial score (nSPS) is 11.5. The van der Waals surface area contributed by atoms with E-state index in [1.54, 1.807) is 0 Å². The first-order valence-electron chi connectivity index (χ1n) is 8.26. The van der Waals surface area contributed by atoms with Gasteiger partial charge in [0.2, 0.25) is 15.9 Å². The average molecular weight is 378 g/mol. The van der Waals surface area contributed by atoms with Gasteiger partial charge >= 0.3 is 0 Å². The molecule has 0 fully saturated rings. The number of amides is 1. The van der Waals surface area contributed by atoms with Gasteiger partial charge in [0, 0.05) is 26.1 Å². The molecule has 0 aliphatic rings. The van der Waals surface area contributed by atoms with Gasteiger partial charge in [0.15, 0.2) is 0 Å². The Labute approximate surface area is 153 Å². The van der Waals surface area contributed by atoms with E-state index in [9.17, 15) is 17.6 Å². The molecule has 0 aromatic heterocycles. The number of carbonyl (C=O) groups excluding carboxylic acids is 1. The van der Waals surface area contributed by atoms with E-state index in [0.717, 1.165) is 17.4 Å². The molecule has 7 heteroatoms. The van der Waals surface area contributed by atoms with E-state index in [2.05, 4.69) is 5.32 Å². The summed E-state index contributed by atoms with van der Waals surface area (Å²) in [5, 5.41) is 2.79. The summed E-state index contributed by atoms with van der Waals surface area (Å²) >= 11 is 0. The topological polar surface area (TPSA) is 66.5 Å². The summed E-state index contributed by atoms with van der Waals surface area (Å²) in [6.45, 7) is 2.54. The summed E-state index contributed by atoms with van der Waals surface area (Å²) in [6.07, 6.45) is 1.15. The summed E-state index contributed by atoms with van der Waals surface area (Å²) in [5.41, 5.74) is 2.76. The molecule has 1 amide bonds. The molecule has 0 saturated heterocycles. The molecule has 0 bridgehead atoms. The summed E-state index contributed by atoms with van der Waals surface area (Å²) in [4.78, 5) is 12.0. The lowest BCUT2D eigenvalue weighted by molar-refractivity contribution is -0.121. The lowest BCUT2D eigenvalue weighted by Crippen LogP contribution is -2.34. The van der Waals surface area contributed by atoms with E-state index in [-0.39, 0.29) is 31.2 Å². The minimum atomic E-state index is -3.48. The van der Waals surface area contributed by atoms with Gasteiger partial charge in [-0.3, -0.25) is 4.79 Å². The fraction of sp³-hybridized carbons (Fsp3) is 0.316. The van der Waals surface area contributed by atoms with Crippen LogP contribution in [0.1, 0.15) is 23.1 Å². The summed E-state index contributed by atoms with van der Waals surface area (Å²) < 4.78 is 38.1. The van der Waals surface area contributed by atoms with Crippen molar-refractivity contribution in [2.75, 3.05) is 12.8 Å². The number of rotatable bonds is 8. The molecule has 1 N–H and O–H groups in total. The molecule has 26 heavy (non-hydrogen) atoms. The van der Waals surface area contributed by atoms with E-state index < -0.39 is 10.0 Å². The summed E-state index contributed by atoms with van der Waals surface area (Å²) in [5.74, 6) is -0.602. The van der Waals surface area contributed by atoms with Crippen LogP contribution in [0.25, 0.3) is 0 Å². The fourth-order valence-electron chi connectivity index (χ4n) is 2.49. The molecule has 0 radical (unpaired) electrons. The number of benzene rings is 2. The lowest BCUT2D eigenvalue weighted by atomic mass is 10.1. The molecule has 0 saturated carbocycles. The van der Waals surface area contributed by atoms with E-state index in [1.807, 2.05) is 31.2 Å². The van der Waals surface area contributed by atoms with Crippen molar-refractivity contribution in [2.45, 2.75) is 26.4 Å². The zero-order chi connectivity index (χ0) is 19.2. The van der Waals surface area contributed by atoms with Crippen molar-refractivity contribution in [2.24, 2.45) is 0 Å². The van der Waals surface area contributed by atoms with Crippen LogP contribution in [0.15, 0.2) is 48.5 Å². The number of sulfonamides is 1. The molecule has 0 atom stereocenters. The molecule has 0 spiro atoms. The first kappa shape index (κ1) is 20.1. The van der Waals surface area contributed by atoms with Crippen LogP contribution >= 0.6 is 0 Å². The van der Waals surface area contributed by atoms with Gasteiger partial charge in [-0.25, -0.2) is 12.8 Å². The number of nitrogens with zero attached hydrogens (tertiary/aromatic N) is 1. The number of nitrogens with one attached hydrogen (secondary N) is 1. The predicted molar refractivity (Wildman–Crippen MR) is 99.3 cm³/mol. The molecule has 2 rings (SSSR count). The van der Waals surface area contributed by atoms with Crippen molar-refractivity contribution < 1.29 is 17.6 Å². The third kappa shape index (κ3) is 6.57. The van der Waals surface area contributed by atoms with Gasteiger partial charge in [0.1, 0.15) is 5.82 Å². The second-order valence-corrected chi connectivity index (χ2v) is 8.22. The van der Waals surface area contributed by atoms with Crippen molar-refractivity contribution in [3.8, 4) is 0 Å². The molecule has 0 heterocycles. The number of halogens is 1. The molecule has 5 nitrogen and oxygen atoms in total. The van der Waals surface area contributed by atoms with Crippen LogP contribution in [0.5, 0.6) is 0 Å². The van der Waals surface area contributed by atoms with E-state index in [1.165, 1.54) is 28.6 Å². The zero-order valence-corrected chi connectivity index (χ0v) is 15.7. The van der Waals surface area contributed by atoms with Crippen molar-refractivity contribution in [3.05, 3.63) is 71.0 Å². The second-order valence-electron chi connectivity index (χ2n) is 6.24. The second kappa shape index (κ2) is 8.91. The van der Waals surface area contributed by atoms with Crippen LogP contribution in [-0.2, 0) is 27.9 Å². The SMILES string of the molecule is Cc1cccc(CNC(=O)CCN(Cc2ccc(F)cc2)S(C)(=O)=O)c1. The van der Waals surface area contributed by atoms with Crippen molar-refractivity contribution >= 4 is 15.9 Å². The molecule has 0 aliphatic carbocycles. The average Bonchev–Trinajstić information content (AvgIpc) is 2.57. The summed E-state index contributed by atoms with van der Waals surface area (Å²) in [7, 11) is -3.48. The van der Waals surface area contributed by atoms with Crippen LogP contribution in [0.3, 0.4) is 0 Å². The Morgan fingerprint density at radius 3 is 2.42 bits per heavy atom. The van der Waals surface area contributed by atoms with Gasteiger partial charge in [0.25, 0.3) is 0 Å². The number of aryl methyl sites for hydroxylation is 1. The highest BCUT2D eigenvalue weighted by molar-refractivity contribution is 7.88. The van der Waals surface area contributed by atoms with Crippen LogP contribution < -0.4 is 5.32 Å². The quantitative estimate of drug-likeness (QED) is 0.768. The van der Waals surface area contributed by atoms with Crippen LogP contribution in [0.2, 0.25) is 0 Å². The lowest BCUT2D eigenvalue weighted by Gasteiger charge is -2.20. The highest BCUT2D eigenvalue weighted by Crippen LogP contribution is 2.10. The van der Waals surface area contributed by atoms with Crippen molar-refractivity contribution in [1.29, 1.82) is 0 Å². The van der Waals surface area contributed by atoms with Crippen LogP contribution in [0.4, 0.5) is 4.39 Å². The maximum Gasteiger partial charge on any atom is 0.221 e.